The van der Waals surface area contributed by atoms with E-state index in [1.807, 2.05) is 42.5 Å². The molecule has 0 aromatic heterocycles. The average Bonchev–Trinajstić information content (AvgIpc) is 3.10. The molecule has 5 aromatic carbocycles. The van der Waals surface area contributed by atoms with Crippen LogP contribution in [0.5, 0.6) is 11.5 Å². The fourth-order valence-corrected chi connectivity index (χ4v) is 5.30. The summed E-state index contributed by atoms with van der Waals surface area (Å²) in [7, 11) is 0. The molecule has 6 rings (SSSR count). The molecule has 1 aliphatic heterocycles. The summed E-state index contributed by atoms with van der Waals surface area (Å²) in [5.41, 5.74) is 6.95. The zero-order chi connectivity index (χ0) is 28.3. The number of nitrogens with zero attached hydrogens (tertiary/aromatic N) is 2. The number of benzene rings is 5. The third kappa shape index (κ3) is 5.72. The van der Waals surface area contributed by atoms with Gasteiger partial charge in [-0.3, -0.25) is 9.79 Å². The molecule has 1 aliphatic rings. The Bertz CT molecular complexity index is 1720. The number of hydrogen-bond acceptors (Lipinski definition) is 4. The van der Waals surface area contributed by atoms with Gasteiger partial charge < -0.3 is 15.1 Å². The summed E-state index contributed by atoms with van der Waals surface area (Å²) >= 11 is 6.49. The quantitative estimate of drug-likeness (QED) is 0.228. The van der Waals surface area contributed by atoms with Gasteiger partial charge >= 0.3 is 0 Å². The normalized spacial score (nSPS) is 14.8. The van der Waals surface area contributed by atoms with Crippen molar-refractivity contribution in [2.24, 2.45) is 4.99 Å². The molecular formula is C35H27ClN2O3. The standard InChI is InChI=1S/C35H27ClN2O3/c36-28-14-19-33-31(21-28)34(27-12-17-30(40)18-13-27)37-32(20-23-8-15-29(39)16-9-23)35(41)38(33)22-24-6-10-26(11-7-24)25-4-2-1-3-5-25/h1-19,21,32,39-40H,20,22H2. The summed E-state index contributed by atoms with van der Waals surface area (Å²) in [6, 6.07) is 36.8. The molecule has 0 spiro atoms. The largest absolute Gasteiger partial charge is 0.508 e. The van der Waals surface area contributed by atoms with Crippen molar-refractivity contribution >= 4 is 28.9 Å². The fraction of sp³-hybridized carbons (Fsp3) is 0.0857. The highest BCUT2D eigenvalue weighted by molar-refractivity contribution is 6.32. The summed E-state index contributed by atoms with van der Waals surface area (Å²) in [5, 5.41) is 20.2. The molecular weight excluding hydrogens is 532 g/mol. The van der Waals surface area contributed by atoms with Crippen molar-refractivity contribution in [3.63, 3.8) is 0 Å². The van der Waals surface area contributed by atoms with Gasteiger partial charge in [-0.05, 0) is 76.9 Å². The van der Waals surface area contributed by atoms with Gasteiger partial charge in [-0.25, -0.2) is 0 Å². The number of halogens is 1. The number of carbonyl (C=O) groups is 1. The Labute approximate surface area is 243 Å². The van der Waals surface area contributed by atoms with Gasteiger partial charge in [0.05, 0.1) is 17.9 Å². The van der Waals surface area contributed by atoms with Gasteiger partial charge in [-0.1, -0.05) is 78.3 Å². The minimum atomic E-state index is -0.724. The molecule has 0 radical (unpaired) electrons. The summed E-state index contributed by atoms with van der Waals surface area (Å²) in [4.78, 5) is 21.1. The highest BCUT2D eigenvalue weighted by atomic mass is 35.5. The number of phenols is 2. The molecule has 0 saturated carbocycles. The Morgan fingerprint density at radius 1 is 0.683 bits per heavy atom. The second-order valence-electron chi connectivity index (χ2n) is 10.1. The van der Waals surface area contributed by atoms with Crippen molar-refractivity contribution in [1.29, 1.82) is 0 Å². The molecule has 5 nitrogen and oxygen atoms in total. The van der Waals surface area contributed by atoms with Gasteiger partial charge in [0, 0.05) is 22.6 Å². The maximum absolute atomic E-state index is 14.3. The van der Waals surface area contributed by atoms with Crippen molar-refractivity contribution in [3.8, 4) is 22.6 Å². The second-order valence-corrected chi connectivity index (χ2v) is 10.5. The van der Waals surface area contributed by atoms with Gasteiger partial charge in [0.1, 0.15) is 17.5 Å². The first-order chi connectivity index (χ1) is 19.9. The van der Waals surface area contributed by atoms with Crippen LogP contribution >= 0.6 is 11.6 Å². The van der Waals surface area contributed by atoms with Gasteiger partial charge in [0.2, 0.25) is 0 Å². The number of benzodiazepines with no additional fused rings is 1. The Morgan fingerprint density at radius 2 is 1.27 bits per heavy atom. The topological polar surface area (TPSA) is 73.1 Å². The second kappa shape index (κ2) is 11.3. The fourth-order valence-electron chi connectivity index (χ4n) is 5.13. The van der Waals surface area contributed by atoms with Crippen LogP contribution in [0.4, 0.5) is 5.69 Å². The summed E-state index contributed by atoms with van der Waals surface area (Å²) in [6.45, 7) is 0.354. The SMILES string of the molecule is O=C1C(Cc2ccc(O)cc2)N=C(c2ccc(O)cc2)c2cc(Cl)ccc2N1Cc1ccc(-c2ccccc2)cc1. The van der Waals surface area contributed by atoms with Crippen molar-refractivity contribution in [2.75, 3.05) is 4.90 Å². The maximum Gasteiger partial charge on any atom is 0.252 e. The van der Waals surface area contributed by atoms with Crippen LogP contribution in [0.2, 0.25) is 5.02 Å². The lowest BCUT2D eigenvalue weighted by Crippen LogP contribution is -2.38. The maximum atomic E-state index is 14.3. The highest BCUT2D eigenvalue weighted by Gasteiger charge is 2.32. The molecule has 1 heterocycles. The molecule has 0 aliphatic carbocycles. The van der Waals surface area contributed by atoms with Crippen LogP contribution in [0, 0.1) is 0 Å². The van der Waals surface area contributed by atoms with Crippen LogP contribution in [0.1, 0.15) is 22.3 Å². The molecule has 1 amide bonds. The summed E-state index contributed by atoms with van der Waals surface area (Å²) in [6.07, 6.45) is 0.353. The molecule has 1 atom stereocenters. The number of phenolic OH excluding ortho intramolecular Hbond substituents is 2. The van der Waals surface area contributed by atoms with E-state index in [2.05, 4.69) is 24.3 Å². The van der Waals surface area contributed by atoms with Crippen LogP contribution in [-0.4, -0.2) is 27.9 Å². The number of rotatable bonds is 6. The van der Waals surface area contributed by atoms with Crippen LogP contribution in [0.25, 0.3) is 11.1 Å². The molecule has 0 fully saturated rings. The smallest absolute Gasteiger partial charge is 0.252 e. The first-order valence-electron chi connectivity index (χ1n) is 13.4. The number of fused-ring (bicyclic) bond motifs is 1. The van der Waals surface area contributed by atoms with E-state index in [0.717, 1.165) is 33.4 Å². The number of carbonyl (C=O) groups excluding carboxylic acids is 1. The van der Waals surface area contributed by atoms with E-state index in [4.69, 9.17) is 16.6 Å². The lowest BCUT2D eigenvalue weighted by molar-refractivity contribution is -0.119. The van der Waals surface area contributed by atoms with Crippen molar-refractivity contribution in [1.82, 2.24) is 0 Å². The zero-order valence-electron chi connectivity index (χ0n) is 22.1. The number of aromatic hydroxyl groups is 2. The Kier molecular flexibility index (Phi) is 7.28. The lowest BCUT2D eigenvalue weighted by atomic mass is 9.99. The zero-order valence-corrected chi connectivity index (χ0v) is 22.9. The van der Waals surface area contributed by atoms with E-state index in [1.165, 1.54) is 0 Å². The van der Waals surface area contributed by atoms with Crippen LogP contribution in [-0.2, 0) is 17.8 Å². The first-order valence-corrected chi connectivity index (χ1v) is 13.7. The molecule has 202 valence electrons. The Hall–Kier alpha value is -4.87. The minimum absolute atomic E-state index is 0.137. The number of amides is 1. The van der Waals surface area contributed by atoms with E-state index < -0.39 is 6.04 Å². The van der Waals surface area contributed by atoms with Gasteiger partial charge in [0.15, 0.2) is 0 Å². The number of aliphatic imine (C=N–C) groups is 1. The third-order valence-corrected chi connectivity index (χ3v) is 7.48. The minimum Gasteiger partial charge on any atom is -0.508 e. The molecule has 2 N–H and O–H groups in total. The van der Waals surface area contributed by atoms with Gasteiger partial charge in [-0.15, -0.1) is 0 Å². The van der Waals surface area contributed by atoms with Gasteiger partial charge in [0.25, 0.3) is 5.91 Å². The lowest BCUT2D eigenvalue weighted by Gasteiger charge is -2.26. The average molecular weight is 559 g/mol. The van der Waals surface area contributed by atoms with Crippen molar-refractivity contribution in [2.45, 2.75) is 19.0 Å². The monoisotopic (exact) mass is 558 g/mol. The Balaban J connectivity index is 1.43. The highest BCUT2D eigenvalue weighted by Crippen LogP contribution is 2.33. The molecule has 41 heavy (non-hydrogen) atoms. The van der Waals surface area contributed by atoms with Crippen LogP contribution < -0.4 is 4.90 Å². The molecule has 1 unspecified atom stereocenters. The first kappa shape index (κ1) is 26.4. The predicted molar refractivity (Wildman–Crippen MR) is 164 cm³/mol. The van der Waals surface area contributed by atoms with E-state index in [0.29, 0.717) is 29.4 Å². The van der Waals surface area contributed by atoms with Gasteiger partial charge in [-0.2, -0.15) is 0 Å². The molecule has 0 saturated heterocycles. The van der Waals surface area contributed by atoms with E-state index in [-0.39, 0.29) is 17.4 Å². The van der Waals surface area contributed by atoms with Crippen molar-refractivity contribution in [3.05, 3.63) is 149 Å². The number of anilines is 1. The Morgan fingerprint density at radius 3 is 1.95 bits per heavy atom. The molecule has 0 bridgehead atoms. The van der Waals surface area contributed by atoms with E-state index >= 15 is 0 Å². The van der Waals surface area contributed by atoms with E-state index in [9.17, 15) is 15.0 Å². The third-order valence-electron chi connectivity index (χ3n) is 7.25. The number of hydrogen-bond donors (Lipinski definition) is 2. The summed E-state index contributed by atoms with van der Waals surface area (Å²) < 4.78 is 0. The van der Waals surface area contributed by atoms with Crippen LogP contribution in [0.3, 0.4) is 0 Å². The van der Waals surface area contributed by atoms with E-state index in [1.54, 1.807) is 59.5 Å². The predicted octanol–water partition coefficient (Wildman–Crippen LogP) is 7.41. The summed E-state index contributed by atoms with van der Waals surface area (Å²) in [5.74, 6) is 0.172. The molecule has 5 aromatic rings. The van der Waals surface area contributed by atoms with Crippen molar-refractivity contribution < 1.29 is 15.0 Å². The molecule has 6 heteroatoms. The van der Waals surface area contributed by atoms with Crippen LogP contribution in [0.15, 0.2) is 126 Å².